The summed E-state index contributed by atoms with van der Waals surface area (Å²) in [4.78, 5) is 11.6. The van der Waals surface area contributed by atoms with Crippen molar-refractivity contribution in [1.82, 2.24) is 10.6 Å². The molecule has 1 aliphatic rings. The molecule has 2 N–H and O–H groups in total. The summed E-state index contributed by atoms with van der Waals surface area (Å²) < 4.78 is 23.7. The maximum Gasteiger partial charge on any atom is 0.238 e. The van der Waals surface area contributed by atoms with Gasteiger partial charge in [-0.15, -0.1) is 0 Å². The Morgan fingerprint density at radius 3 is 2.31 bits per heavy atom. The van der Waals surface area contributed by atoms with E-state index in [4.69, 9.17) is 0 Å². The van der Waals surface area contributed by atoms with Crippen LogP contribution in [-0.4, -0.2) is 44.5 Å². The van der Waals surface area contributed by atoms with E-state index in [9.17, 15) is 13.2 Å². The zero-order valence-electron chi connectivity index (χ0n) is 9.99. The number of carbonyl (C=O) groups excluding carboxylic acids is 1. The molecule has 0 aromatic carbocycles. The molecule has 0 radical (unpaired) electrons. The molecule has 1 saturated heterocycles. The third-order valence-electron chi connectivity index (χ3n) is 2.67. The summed E-state index contributed by atoms with van der Waals surface area (Å²) in [5.74, 6) is -0.131. The van der Waals surface area contributed by atoms with E-state index in [1.165, 1.54) is 6.92 Å². The van der Waals surface area contributed by atoms with Crippen LogP contribution in [0.4, 0.5) is 0 Å². The van der Waals surface area contributed by atoms with Crippen molar-refractivity contribution in [2.75, 3.05) is 18.8 Å². The summed E-state index contributed by atoms with van der Waals surface area (Å²) in [5, 5.41) is 4.69. The third kappa shape index (κ3) is 3.45. The summed E-state index contributed by atoms with van der Waals surface area (Å²) in [6.45, 7) is 6.55. The average Bonchev–Trinajstić information content (AvgIpc) is 2.09. The predicted octanol–water partition coefficient (Wildman–Crippen LogP) is -0.466. The minimum Gasteiger partial charge on any atom is -0.353 e. The molecule has 1 aliphatic heterocycles. The van der Waals surface area contributed by atoms with E-state index >= 15 is 0 Å². The van der Waals surface area contributed by atoms with Gasteiger partial charge in [0.2, 0.25) is 5.91 Å². The maximum atomic E-state index is 11.9. The SMILES string of the molecule is CC(C)NC(=O)C(C)S(=O)(=O)CC1CNC1. The van der Waals surface area contributed by atoms with Crippen LogP contribution in [0, 0.1) is 5.92 Å². The fraction of sp³-hybridized carbons (Fsp3) is 0.900. The van der Waals surface area contributed by atoms with Crippen LogP contribution in [0.2, 0.25) is 0 Å². The van der Waals surface area contributed by atoms with E-state index in [1.54, 1.807) is 0 Å². The maximum absolute atomic E-state index is 11.9. The lowest BCUT2D eigenvalue weighted by Crippen LogP contribution is -2.49. The van der Waals surface area contributed by atoms with Gasteiger partial charge in [0.1, 0.15) is 5.25 Å². The molecule has 1 heterocycles. The molecular formula is C10H20N2O3S. The molecule has 16 heavy (non-hydrogen) atoms. The van der Waals surface area contributed by atoms with Gasteiger partial charge in [0.15, 0.2) is 9.84 Å². The monoisotopic (exact) mass is 248 g/mol. The van der Waals surface area contributed by atoms with Crippen LogP contribution >= 0.6 is 0 Å². The summed E-state index contributed by atoms with van der Waals surface area (Å²) in [5.41, 5.74) is 0. The van der Waals surface area contributed by atoms with E-state index in [0.29, 0.717) is 0 Å². The average molecular weight is 248 g/mol. The third-order valence-corrected chi connectivity index (χ3v) is 4.90. The van der Waals surface area contributed by atoms with Crippen molar-refractivity contribution in [2.24, 2.45) is 5.92 Å². The molecule has 0 aromatic heterocycles. The van der Waals surface area contributed by atoms with Crippen LogP contribution in [0.1, 0.15) is 20.8 Å². The number of hydrogen-bond acceptors (Lipinski definition) is 4. The lowest BCUT2D eigenvalue weighted by Gasteiger charge is -2.27. The Labute approximate surface area is 96.9 Å². The predicted molar refractivity (Wildman–Crippen MR) is 62.9 cm³/mol. The van der Waals surface area contributed by atoms with Crippen LogP contribution in [0.25, 0.3) is 0 Å². The summed E-state index contributed by atoms with van der Waals surface area (Å²) in [6, 6.07) is -0.0319. The van der Waals surface area contributed by atoms with Gasteiger partial charge in [0.25, 0.3) is 0 Å². The molecular weight excluding hydrogens is 228 g/mol. The van der Waals surface area contributed by atoms with Gasteiger partial charge in [0, 0.05) is 19.1 Å². The molecule has 0 aliphatic carbocycles. The summed E-state index contributed by atoms with van der Waals surface area (Å²) in [7, 11) is -3.32. The lowest BCUT2D eigenvalue weighted by molar-refractivity contribution is -0.120. The Morgan fingerprint density at radius 2 is 1.94 bits per heavy atom. The molecule has 0 saturated carbocycles. The normalized spacial score (nSPS) is 19.2. The van der Waals surface area contributed by atoms with E-state index in [0.717, 1.165) is 13.1 Å². The van der Waals surface area contributed by atoms with Crippen molar-refractivity contribution in [1.29, 1.82) is 0 Å². The van der Waals surface area contributed by atoms with Crippen LogP contribution in [0.15, 0.2) is 0 Å². The Balaban J connectivity index is 2.56. The smallest absolute Gasteiger partial charge is 0.238 e. The summed E-state index contributed by atoms with van der Waals surface area (Å²) >= 11 is 0. The lowest BCUT2D eigenvalue weighted by atomic mass is 10.1. The Hall–Kier alpha value is -0.620. The standard InChI is InChI=1S/C10H20N2O3S/c1-7(2)12-10(13)8(3)16(14,15)6-9-4-11-5-9/h7-9,11H,4-6H2,1-3H3,(H,12,13). The highest BCUT2D eigenvalue weighted by Crippen LogP contribution is 2.12. The largest absolute Gasteiger partial charge is 0.353 e. The van der Waals surface area contributed by atoms with Crippen LogP contribution in [-0.2, 0) is 14.6 Å². The number of carbonyl (C=O) groups is 1. The van der Waals surface area contributed by atoms with Crippen molar-refractivity contribution in [3.8, 4) is 0 Å². The van der Waals surface area contributed by atoms with Crippen molar-refractivity contribution in [3.63, 3.8) is 0 Å². The highest BCUT2D eigenvalue weighted by Gasteiger charge is 2.32. The summed E-state index contributed by atoms with van der Waals surface area (Å²) in [6.07, 6.45) is 0. The molecule has 1 unspecified atom stereocenters. The van der Waals surface area contributed by atoms with Crippen molar-refractivity contribution in [3.05, 3.63) is 0 Å². The number of rotatable bonds is 5. The first kappa shape index (κ1) is 13.4. The van der Waals surface area contributed by atoms with Crippen LogP contribution in [0.3, 0.4) is 0 Å². The van der Waals surface area contributed by atoms with E-state index < -0.39 is 21.0 Å². The highest BCUT2D eigenvalue weighted by molar-refractivity contribution is 7.92. The molecule has 0 spiro atoms. The van der Waals surface area contributed by atoms with Crippen LogP contribution < -0.4 is 10.6 Å². The van der Waals surface area contributed by atoms with Gasteiger partial charge >= 0.3 is 0 Å². The van der Waals surface area contributed by atoms with Gasteiger partial charge in [-0.05, 0) is 26.7 Å². The van der Waals surface area contributed by atoms with Crippen molar-refractivity contribution >= 4 is 15.7 Å². The fourth-order valence-electron chi connectivity index (χ4n) is 1.50. The van der Waals surface area contributed by atoms with Crippen molar-refractivity contribution < 1.29 is 13.2 Å². The number of hydrogen-bond donors (Lipinski definition) is 2. The molecule has 1 amide bonds. The number of nitrogens with one attached hydrogen (secondary N) is 2. The first-order valence-corrected chi connectivity index (χ1v) is 7.27. The van der Waals surface area contributed by atoms with E-state index in [1.807, 2.05) is 13.8 Å². The molecule has 1 atom stereocenters. The minimum atomic E-state index is -3.32. The van der Waals surface area contributed by atoms with Gasteiger partial charge in [-0.3, -0.25) is 4.79 Å². The van der Waals surface area contributed by atoms with Gasteiger partial charge in [0.05, 0.1) is 5.75 Å². The Kier molecular flexibility index (Phi) is 4.32. The number of amides is 1. The second kappa shape index (κ2) is 5.14. The number of sulfone groups is 1. The van der Waals surface area contributed by atoms with Gasteiger partial charge in [-0.25, -0.2) is 8.42 Å². The van der Waals surface area contributed by atoms with Crippen molar-refractivity contribution in [2.45, 2.75) is 32.1 Å². The van der Waals surface area contributed by atoms with Gasteiger partial charge in [-0.1, -0.05) is 0 Å². The molecule has 1 fully saturated rings. The van der Waals surface area contributed by atoms with E-state index in [-0.39, 0.29) is 17.7 Å². The molecule has 6 heteroatoms. The second-order valence-corrected chi connectivity index (χ2v) is 7.03. The Morgan fingerprint density at radius 1 is 1.38 bits per heavy atom. The van der Waals surface area contributed by atoms with E-state index in [2.05, 4.69) is 10.6 Å². The first-order chi connectivity index (χ1) is 7.33. The van der Waals surface area contributed by atoms with Crippen LogP contribution in [0.5, 0.6) is 0 Å². The molecule has 5 nitrogen and oxygen atoms in total. The molecule has 94 valence electrons. The minimum absolute atomic E-state index is 0.0319. The second-order valence-electron chi connectivity index (χ2n) is 4.66. The first-order valence-electron chi connectivity index (χ1n) is 5.55. The highest BCUT2D eigenvalue weighted by atomic mass is 32.2. The molecule has 0 aromatic rings. The molecule has 1 rings (SSSR count). The zero-order valence-corrected chi connectivity index (χ0v) is 10.8. The Bertz CT molecular complexity index is 347. The fourth-order valence-corrected chi connectivity index (χ4v) is 3.08. The topological polar surface area (TPSA) is 75.3 Å². The van der Waals surface area contributed by atoms with Gasteiger partial charge in [-0.2, -0.15) is 0 Å². The van der Waals surface area contributed by atoms with Gasteiger partial charge < -0.3 is 10.6 Å². The quantitative estimate of drug-likeness (QED) is 0.690. The zero-order chi connectivity index (χ0) is 12.3. The molecule has 0 bridgehead atoms.